The molecule has 0 spiro atoms. The molecule has 0 N–H and O–H groups in total. The molecule has 9 aromatic rings. The molecular formula is C63H63ClO9P3Rh. The summed E-state index contributed by atoms with van der Waals surface area (Å²) in [5.41, 5.74) is 9.35. The summed E-state index contributed by atoms with van der Waals surface area (Å²) >= 11 is 2.02. The van der Waals surface area contributed by atoms with Crippen LogP contribution in [-0.4, -0.2) is 0 Å². The summed E-state index contributed by atoms with van der Waals surface area (Å²) in [4.78, 5) is 0. The van der Waals surface area contributed by atoms with Gasteiger partial charge in [0.15, 0.2) is 0 Å². The van der Waals surface area contributed by atoms with Gasteiger partial charge in [0.2, 0.25) is 0 Å². The van der Waals surface area contributed by atoms with Crippen LogP contribution in [0.2, 0.25) is 0 Å². The van der Waals surface area contributed by atoms with E-state index in [9.17, 15) is 0 Å². The van der Waals surface area contributed by atoms with Crippen LogP contribution in [0.15, 0.2) is 218 Å². The summed E-state index contributed by atoms with van der Waals surface area (Å²) in [5.74, 6) is 6.84. The van der Waals surface area contributed by atoms with E-state index < -0.39 is 25.8 Å². The van der Waals surface area contributed by atoms with E-state index in [2.05, 4.69) is 9.69 Å². The molecule has 0 amide bonds. The number of hydrogen-bond acceptors (Lipinski definition) is 9. The molecule has 0 saturated carbocycles. The maximum absolute atomic E-state index is 6.08. The zero-order valence-corrected chi connectivity index (χ0v) is 49.6. The Labute approximate surface area is 473 Å². The number of halogens is 1. The molecule has 0 atom stereocenters. The molecule has 77 heavy (non-hydrogen) atoms. The quantitative estimate of drug-likeness (QED) is 0.0616. The Kier molecular flexibility index (Phi) is 24.4. The predicted octanol–water partition coefficient (Wildman–Crippen LogP) is 19.8. The van der Waals surface area contributed by atoms with Gasteiger partial charge in [0, 0.05) is 0 Å². The van der Waals surface area contributed by atoms with Crippen molar-refractivity contribution in [2.75, 3.05) is 0 Å². The maximum atomic E-state index is 6.08. The summed E-state index contributed by atoms with van der Waals surface area (Å²) in [5, 5.41) is 0. The Morgan fingerprint density at radius 1 is 0.195 bits per heavy atom. The molecular weight excluding hydrogens is 1130 g/mol. The van der Waals surface area contributed by atoms with Crippen molar-refractivity contribution in [1.82, 2.24) is 0 Å². The molecule has 0 aliphatic rings. The first-order chi connectivity index (χ1) is 37.4. The average molecular weight is 1200 g/mol. The van der Waals surface area contributed by atoms with Gasteiger partial charge in [-0.05, 0) is 167 Å². The summed E-state index contributed by atoms with van der Waals surface area (Å²) < 4.78 is 54.8. The molecule has 9 rings (SSSR count). The van der Waals surface area contributed by atoms with E-state index in [0.717, 1.165) is 102 Å². The molecule has 0 fully saturated rings. The molecule has 0 bridgehead atoms. The van der Waals surface area contributed by atoms with Crippen LogP contribution in [0.1, 0.15) is 50.1 Å². The number of rotatable bonds is 18. The minimum atomic E-state index is -1.64. The van der Waals surface area contributed by atoms with Crippen LogP contribution < -0.4 is 40.7 Å². The van der Waals surface area contributed by atoms with Gasteiger partial charge >= 0.3 is 52.8 Å². The normalized spacial score (nSPS) is 10.4. The van der Waals surface area contributed by atoms with Crippen molar-refractivity contribution >= 4 is 35.5 Å². The molecule has 0 saturated heterocycles. The molecule has 14 heteroatoms. The summed E-state index contributed by atoms with van der Waals surface area (Å²) in [6.07, 6.45) is 0. The van der Waals surface area contributed by atoms with Gasteiger partial charge < -0.3 is 40.7 Å². The van der Waals surface area contributed by atoms with Crippen molar-refractivity contribution in [1.29, 1.82) is 0 Å². The third kappa shape index (κ3) is 19.1. The molecule has 0 aromatic heterocycles. The van der Waals surface area contributed by atoms with Crippen molar-refractivity contribution < 1.29 is 58.0 Å². The van der Waals surface area contributed by atoms with Gasteiger partial charge in [0.1, 0.15) is 51.7 Å². The van der Waals surface area contributed by atoms with E-state index in [4.69, 9.17) is 40.7 Å². The van der Waals surface area contributed by atoms with Crippen LogP contribution in [0, 0.1) is 62.3 Å². The fourth-order valence-electron chi connectivity index (χ4n) is 6.82. The zero-order chi connectivity index (χ0) is 54.9. The Bertz CT molecular complexity index is 2560. The first-order valence-corrected chi connectivity index (χ1v) is 29.9. The summed E-state index contributed by atoms with van der Waals surface area (Å²) in [6, 6.07) is 70.7. The SMILES string of the molecule is Cc1ccccc1OP(Oc1ccccc1C)Oc1ccccc1C.Cc1ccccc1OP(Oc1ccccc1C)Oc1ccccc1C.Cc1ccccc1OP(Oc1ccccc1C)Oc1ccccc1C.[Cl][Rh]. The molecule has 400 valence electrons. The molecule has 9 nitrogen and oxygen atoms in total. The van der Waals surface area contributed by atoms with E-state index in [-0.39, 0.29) is 0 Å². The first kappa shape index (κ1) is 59.6. The second-order valence-corrected chi connectivity index (χ2v) is 20.4. The number of benzene rings is 9. The van der Waals surface area contributed by atoms with Gasteiger partial charge in [-0.2, -0.15) is 0 Å². The van der Waals surface area contributed by atoms with Crippen molar-refractivity contribution in [3.05, 3.63) is 268 Å². The summed E-state index contributed by atoms with van der Waals surface area (Å²) in [7, 11) is -0.385. The van der Waals surface area contributed by atoms with Crippen molar-refractivity contribution in [2.45, 2.75) is 62.3 Å². The predicted molar refractivity (Wildman–Crippen MR) is 313 cm³/mol. The Balaban J connectivity index is 0.000000184. The molecule has 0 aliphatic carbocycles. The van der Waals surface area contributed by atoms with Crippen LogP contribution in [-0.2, 0) is 17.3 Å². The third-order valence-corrected chi connectivity index (χ3v) is 14.5. The molecule has 0 aliphatic heterocycles. The van der Waals surface area contributed by atoms with Crippen LogP contribution in [0.4, 0.5) is 0 Å². The van der Waals surface area contributed by atoms with Crippen molar-refractivity contribution in [3.63, 3.8) is 0 Å². The Morgan fingerprint density at radius 3 is 0.377 bits per heavy atom. The summed E-state index contributed by atoms with van der Waals surface area (Å²) in [6.45, 7) is 18.0. The van der Waals surface area contributed by atoms with E-state index in [1.54, 1.807) is 0 Å². The second kappa shape index (κ2) is 31.6. The molecule has 9 aromatic carbocycles. The van der Waals surface area contributed by atoms with Crippen LogP contribution in [0.3, 0.4) is 0 Å². The van der Waals surface area contributed by atoms with Gasteiger partial charge in [-0.25, -0.2) is 0 Å². The van der Waals surface area contributed by atoms with E-state index in [1.807, 2.05) is 298 Å². The minimum absolute atomic E-state index is 0.760. The topological polar surface area (TPSA) is 83.1 Å². The van der Waals surface area contributed by atoms with Crippen LogP contribution in [0.25, 0.3) is 0 Å². The van der Waals surface area contributed by atoms with E-state index >= 15 is 0 Å². The zero-order valence-electron chi connectivity index (χ0n) is 44.5. The van der Waals surface area contributed by atoms with Gasteiger partial charge in [0.25, 0.3) is 0 Å². The molecule has 0 radical (unpaired) electrons. The number of hydrogen-bond donors (Lipinski definition) is 0. The third-order valence-electron chi connectivity index (χ3n) is 11.4. The van der Waals surface area contributed by atoms with Gasteiger partial charge in [-0.3, -0.25) is 0 Å². The molecule has 0 unspecified atom stereocenters. The monoisotopic (exact) mass is 1190 g/mol. The average Bonchev–Trinajstić information content (AvgIpc) is 3.43. The Hall–Kier alpha value is -6.62. The van der Waals surface area contributed by atoms with Gasteiger partial charge in [0.05, 0.1) is 0 Å². The van der Waals surface area contributed by atoms with Crippen LogP contribution >= 0.6 is 35.5 Å². The first-order valence-electron chi connectivity index (χ1n) is 24.6. The van der Waals surface area contributed by atoms with Crippen molar-refractivity contribution in [2.24, 2.45) is 0 Å². The standard InChI is InChI=1S/3C21H21O3P.ClH.Rh/c3*1-16-10-4-7-13-19(16)22-25(23-20-14-8-5-11-17(20)2)24-21-15-9-6-12-18(21)3;;/h3*4-15H,1-3H3;1H;/q;;;;+1/p-1. The Morgan fingerprint density at radius 2 is 0.286 bits per heavy atom. The van der Waals surface area contributed by atoms with Crippen LogP contribution in [0.5, 0.6) is 51.7 Å². The number of para-hydroxylation sites is 9. The van der Waals surface area contributed by atoms with E-state index in [1.165, 1.54) is 0 Å². The fourth-order valence-corrected chi connectivity index (χ4v) is 10.4. The fraction of sp³-hybridized carbons (Fsp3) is 0.143. The van der Waals surface area contributed by atoms with Gasteiger partial charge in [-0.15, -0.1) is 0 Å². The molecule has 0 heterocycles. The van der Waals surface area contributed by atoms with E-state index in [0.29, 0.717) is 0 Å². The number of aryl methyl sites for hydroxylation is 9. The van der Waals surface area contributed by atoms with Crippen molar-refractivity contribution in [3.8, 4) is 51.7 Å². The van der Waals surface area contributed by atoms with Gasteiger partial charge in [-0.1, -0.05) is 164 Å². The second-order valence-electron chi connectivity index (χ2n) is 17.4.